The summed E-state index contributed by atoms with van der Waals surface area (Å²) >= 11 is 0. The third-order valence-corrected chi connectivity index (χ3v) is 3.64. The van der Waals surface area contributed by atoms with Gasteiger partial charge in [-0.15, -0.1) is 0 Å². The molecule has 2 rings (SSSR count). The summed E-state index contributed by atoms with van der Waals surface area (Å²) in [5.41, 5.74) is 1.96. The van der Waals surface area contributed by atoms with E-state index in [1.807, 2.05) is 32.0 Å². The zero-order valence-corrected chi connectivity index (χ0v) is 15.4. The SMILES string of the molecule is CCOc1cc(C(=O)O[C@H](C)C(=O)Nc2cccc(C)c2)ccc1OC. The molecule has 1 amide bonds. The van der Waals surface area contributed by atoms with Crippen molar-refractivity contribution < 1.29 is 23.8 Å². The van der Waals surface area contributed by atoms with E-state index in [0.29, 0.717) is 23.8 Å². The van der Waals surface area contributed by atoms with E-state index in [4.69, 9.17) is 14.2 Å². The molecule has 0 aliphatic carbocycles. The van der Waals surface area contributed by atoms with E-state index in [2.05, 4.69) is 5.32 Å². The molecule has 0 spiro atoms. The molecule has 0 radical (unpaired) electrons. The summed E-state index contributed by atoms with van der Waals surface area (Å²) in [5, 5.41) is 2.73. The third-order valence-electron chi connectivity index (χ3n) is 3.64. The van der Waals surface area contributed by atoms with Gasteiger partial charge >= 0.3 is 5.97 Å². The van der Waals surface area contributed by atoms with Gasteiger partial charge in [0.1, 0.15) is 0 Å². The van der Waals surface area contributed by atoms with Crippen LogP contribution in [0.5, 0.6) is 11.5 Å². The van der Waals surface area contributed by atoms with Crippen LogP contribution in [0.3, 0.4) is 0 Å². The van der Waals surface area contributed by atoms with Crippen LogP contribution in [0.2, 0.25) is 0 Å². The van der Waals surface area contributed by atoms with Crippen molar-refractivity contribution in [3.05, 3.63) is 53.6 Å². The van der Waals surface area contributed by atoms with E-state index < -0.39 is 18.0 Å². The van der Waals surface area contributed by atoms with E-state index in [9.17, 15) is 9.59 Å². The van der Waals surface area contributed by atoms with Gasteiger partial charge in [-0.25, -0.2) is 4.79 Å². The molecule has 0 saturated heterocycles. The number of carbonyl (C=O) groups is 2. The average molecular weight is 357 g/mol. The first-order valence-electron chi connectivity index (χ1n) is 8.34. The zero-order valence-electron chi connectivity index (χ0n) is 15.4. The minimum Gasteiger partial charge on any atom is -0.493 e. The molecule has 1 atom stereocenters. The largest absolute Gasteiger partial charge is 0.493 e. The quantitative estimate of drug-likeness (QED) is 0.767. The summed E-state index contributed by atoms with van der Waals surface area (Å²) in [7, 11) is 1.52. The number of benzene rings is 2. The number of hydrogen-bond donors (Lipinski definition) is 1. The predicted octanol–water partition coefficient (Wildman–Crippen LogP) is 3.59. The van der Waals surface area contributed by atoms with Crippen molar-refractivity contribution >= 4 is 17.6 Å². The van der Waals surface area contributed by atoms with Gasteiger partial charge in [-0.3, -0.25) is 4.79 Å². The van der Waals surface area contributed by atoms with Crippen molar-refractivity contribution in [2.24, 2.45) is 0 Å². The van der Waals surface area contributed by atoms with Crippen LogP contribution in [0.25, 0.3) is 0 Å². The number of hydrogen-bond acceptors (Lipinski definition) is 5. The minimum atomic E-state index is -0.944. The molecule has 0 saturated carbocycles. The summed E-state index contributed by atoms with van der Waals surface area (Å²) in [5.74, 6) is -0.0436. The first kappa shape index (κ1) is 19.3. The van der Waals surface area contributed by atoms with E-state index >= 15 is 0 Å². The summed E-state index contributed by atoms with van der Waals surface area (Å²) in [6.45, 7) is 5.72. The van der Waals surface area contributed by atoms with Crippen LogP contribution in [0.15, 0.2) is 42.5 Å². The fraction of sp³-hybridized carbons (Fsp3) is 0.300. The highest BCUT2D eigenvalue weighted by molar-refractivity contribution is 5.97. The fourth-order valence-electron chi connectivity index (χ4n) is 2.32. The summed E-state index contributed by atoms with van der Waals surface area (Å²) < 4.78 is 15.9. The van der Waals surface area contributed by atoms with Gasteiger partial charge in [0.15, 0.2) is 17.6 Å². The van der Waals surface area contributed by atoms with Gasteiger partial charge in [-0.05, 0) is 56.7 Å². The molecule has 0 fully saturated rings. The van der Waals surface area contributed by atoms with E-state index in [1.165, 1.54) is 20.1 Å². The lowest BCUT2D eigenvalue weighted by atomic mass is 10.2. The first-order chi connectivity index (χ1) is 12.4. The molecular formula is C20H23NO5. The molecule has 0 aliphatic heterocycles. The van der Waals surface area contributed by atoms with Gasteiger partial charge in [0, 0.05) is 5.69 Å². The second-order valence-corrected chi connectivity index (χ2v) is 5.70. The number of rotatable bonds is 7. The molecule has 0 aromatic heterocycles. The van der Waals surface area contributed by atoms with Gasteiger partial charge in [-0.1, -0.05) is 12.1 Å². The van der Waals surface area contributed by atoms with E-state index in [1.54, 1.807) is 18.2 Å². The maximum absolute atomic E-state index is 12.3. The van der Waals surface area contributed by atoms with Crippen molar-refractivity contribution in [3.8, 4) is 11.5 Å². The molecule has 0 bridgehead atoms. The molecular weight excluding hydrogens is 334 g/mol. The molecule has 0 unspecified atom stereocenters. The second-order valence-electron chi connectivity index (χ2n) is 5.70. The number of esters is 1. The normalized spacial score (nSPS) is 11.4. The summed E-state index contributed by atoms with van der Waals surface area (Å²) in [4.78, 5) is 24.6. The van der Waals surface area contributed by atoms with Gasteiger partial charge < -0.3 is 19.5 Å². The molecule has 138 valence electrons. The summed E-state index contributed by atoms with van der Waals surface area (Å²) in [6.07, 6.45) is -0.944. The topological polar surface area (TPSA) is 73.9 Å². The van der Waals surface area contributed by atoms with Crippen LogP contribution in [-0.4, -0.2) is 31.7 Å². The summed E-state index contributed by atoms with van der Waals surface area (Å²) in [6, 6.07) is 12.1. The molecule has 2 aromatic rings. The second kappa shape index (κ2) is 8.89. The molecule has 26 heavy (non-hydrogen) atoms. The Balaban J connectivity index is 2.04. The van der Waals surface area contributed by atoms with E-state index in [-0.39, 0.29) is 5.56 Å². The lowest BCUT2D eigenvalue weighted by Crippen LogP contribution is -2.30. The Hall–Kier alpha value is -3.02. The molecule has 1 N–H and O–H groups in total. The van der Waals surface area contributed by atoms with Crippen LogP contribution < -0.4 is 14.8 Å². The smallest absolute Gasteiger partial charge is 0.339 e. The molecule has 0 heterocycles. The Kier molecular flexibility index (Phi) is 6.60. The van der Waals surface area contributed by atoms with Gasteiger partial charge in [0.25, 0.3) is 5.91 Å². The van der Waals surface area contributed by atoms with Crippen LogP contribution >= 0.6 is 0 Å². The minimum absolute atomic E-state index is 0.282. The number of aryl methyl sites for hydroxylation is 1. The van der Waals surface area contributed by atoms with Crippen LogP contribution in [0.1, 0.15) is 29.8 Å². The monoisotopic (exact) mass is 357 g/mol. The molecule has 6 nitrogen and oxygen atoms in total. The first-order valence-corrected chi connectivity index (χ1v) is 8.34. The van der Waals surface area contributed by atoms with Crippen molar-refractivity contribution in [2.75, 3.05) is 19.0 Å². The number of amides is 1. The maximum Gasteiger partial charge on any atom is 0.339 e. The molecule has 2 aromatic carbocycles. The van der Waals surface area contributed by atoms with Gasteiger partial charge in [-0.2, -0.15) is 0 Å². The van der Waals surface area contributed by atoms with Crippen molar-refractivity contribution in [2.45, 2.75) is 26.9 Å². The van der Waals surface area contributed by atoms with E-state index in [0.717, 1.165) is 5.56 Å². The predicted molar refractivity (Wildman–Crippen MR) is 98.8 cm³/mol. The molecule has 0 aliphatic rings. The van der Waals surface area contributed by atoms with Crippen LogP contribution in [-0.2, 0) is 9.53 Å². The Bertz CT molecular complexity index is 788. The highest BCUT2D eigenvalue weighted by Crippen LogP contribution is 2.28. The number of anilines is 1. The Morgan fingerprint density at radius 1 is 1.12 bits per heavy atom. The maximum atomic E-state index is 12.3. The highest BCUT2D eigenvalue weighted by Gasteiger charge is 2.20. The lowest BCUT2D eigenvalue weighted by Gasteiger charge is -2.15. The number of carbonyl (C=O) groups excluding carboxylic acids is 2. The number of methoxy groups -OCH3 is 1. The number of nitrogens with one attached hydrogen (secondary N) is 1. The molecule has 6 heteroatoms. The van der Waals surface area contributed by atoms with Crippen LogP contribution in [0.4, 0.5) is 5.69 Å². The Morgan fingerprint density at radius 2 is 1.88 bits per heavy atom. The van der Waals surface area contributed by atoms with Crippen LogP contribution in [0, 0.1) is 6.92 Å². The van der Waals surface area contributed by atoms with Crippen molar-refractivity contribution in [3.63, 3.8) is 0 Å². The Morgan fingerprint density at radius 3 is 2.54 bits per heavy atom. The number of ether oxygens (including phenoxy) is 3. The van der Waals surface area contributed by atoms with Gasteiger partial charge in [0.05, 0.1) is 19.3 Å². The standard InChI is InChI=1S/C20H23NO5/c1-5-25-18-12-15(9-10-17(18)24-4)20(23)26-14(3)19(22)21-16-8-6-7-13(2)11-16/h6-12,14H,5H2,1-4H3,(H,21,22)/t14-/m1/s1. The van der Waals surface area contributed by atoms with Gasteiger partial charge in [0.2, 0.25) is 0 Å². The average Bonchev–Trinajstić information content (AvgIpc) is 2.61. The Labute approximate surface area is 153 Å². The van der Waals surface area contributed by atoms with Crippen molar-refractivity contribution in [1.29, 1.82) is 0 Å². The van der Waals surface area contributed by atoms with Crippen molar-refractivity contribution in [1.82, 2.24) is 0 Å². The fourth-order valence-corrected chi connectivity index (χ4v) is 2.32. The lowest BCUT2D eigenvalue weighted by molar-refractivity contribution is -0.123. The zero-order chi connectivity index (χ0) is 19.1. The highest BCUT2D eigenvalue weighted by atomic mass is 16.5. The third kappa shape index (κ3) is 4.99.